The minimum absolute atomic E-state index is 0.0589. The number of pyridine rings is 1. The summed E-state index contributed by atoms with van der Waals surface area (Å²) in [5, 5.41) is 7.81. The van der Waals surface area contributed by atoms with E-state index in [2.05, 4.69) is 20.3 Å². The average Bonchev–Trinajstić information content (AvgIpc) is 2.74. The molecular formula is C23H27ClN4O3S. The number of carbonyl (C=O) groups is 1. The molecule has 0 saturated carbocycles. The molecule has 32 heavy (non-hydrogen) atoms. The topological polar surface area (TPSA) is 100 Å². The molecule has 0 unspecified atom stereocenters. The third-order valence-corrected chi connectivity index (χ3v) is 6.64. The predicted octanol–water partition coefficient (Wildman–Crippen LogP) is 3.74. The van der Waals surface area contributed by atoms with Crippen LogP contribution in [0.3, 0.4) is 0 Å². The summed E-state index contributed by atoms with van der Waals surface area (Å²) in [6.45, 7) is 4.60. The highest BCUT2D eigenvalue weighted by atomic mass is 35.5. The number of rotatable bonds is 10. The zero-order valence-corrected chi connectivity index (χ0v) is 19.6. The maximum atomic E-state index is 12.2. The number of nitrogens with zero attached hydrogens (tertiary/aromatic N) is 1. The molecule has 0 atom stereocenters. The third kappa shape index (κ3) is 6.66. The first-order valence-electron chi connectivity index (χ1n) is 10.4. The Balaban J connectivity index is 1.43. The van der Waals surface area contributed by atoms with Gasteiger partial charge in [0.05, 0.1) is 10.4 Å². The van der Waals surface area contributed by atoms with E-state index in [-0.39, 0.29) is 16.8 Å². The molecule has 0 saturated heterocycles. The zero-order valence-electron chi connectivity index (χ0n) is 18.1. The van der Waals surface area contributed by atoms with Gasteiger partial charge in [-0.1, -0.05) is 23.7 Å². The van der Waals surface area contributed by atoms with E-state index in [0.717, 1.165) is 22.2 Å². The molecule has 0 aliphatic heterocycles. The molecule has 3 aromatic rings. The van der Waals surface area contributed by atoms with Gasteiger partial charge in [0, 0.05) is 47.8 Å². The molecule has 1 amide bonds. The summed E-state index contributed by atoms with van der Waals surface area (Å²) in [4.78, 5) is 16.7. The number of benzene rings is 2. The molecule has 0 bridgehead atoms. The van der Waals surface area contributed by atoms with E-state index in [4.69, 9.17) is 11.6 Å². The largest absolute Gasteiger partial charge is 0.383 e. The summed E-state index contributed by atoms with van der Waals surface area (Å²) in [5.74, 6) is -0.0589. The Kier molecular flexibility index (Phi) is 8.06. The van der Waals surface area contributed by atoms with E-state index in [0.29, 0.717) is 31.0 Å². The number of hydrogen-bond acceptors (Lipinski definition) is 5. The number of anilines is 1. The van der Waals surface area contributed by atoms with E-state index in [1.807, 2.05) is 24.3 Å². The number of halogens is 1. The number of nitrogens with one attached hydrogen (secondary N) is 3. The molecule has 3 rings (SSSR count). The highest BCUT2D eigenvalue weighted by molar-refractivity contribution is 7.89. The van der Waals surface area contributed by atoms with Gasteiger partial charge in [0.15, 0.2) is 0 Å². The molecule has 2 aromatic carbocycles. The van der Waals surface area contributed by atoms with Crippen LogP contribution >= 0.6 is 11.6 Å². The Bertz CT molecular complexity index is 1180. The lowest BCUT2D eigenvalue weighted by Crippen LogP contribution is -2.30. The van der Waals surface area contributed by atoms with E-state index < -0.39 is 10.0 Å². The van der Waals surface area contributed by atoms with Gasteiger partial charge in [0.1, 0.15) is 0 Å². The van der Waals surface area contributed by atoms with Crippen LogP contribution in [0.25, 0.3) is 10.9 Å². The molecule has 0 fully saturated rings. The van der Waals surface area contributed by atoms with Crippen LogP contribution < -0.4 is 15.4 Å². The zero-order chi connectivity index (χ0) is 23.1. The van der Waals surface area contributed by atoms with Gasteiger partial charge in [-0.15, -0.1) is 0 Å². The summed E-state index contributed by atoms with van der Waals surface area (Å²) in [5.41, 5.74) is 2.65. The molecule has 9 heteroatoms. The summed E-state index contributed by atoms with van der Waals surface area (Å²) >= 11 is 6.01. The Morgan fingerprint density at radius 2 is 1.81 bits per heavy atom. The monoisotopic (exact) mass is 474 g/mol. The van der Waals surface area contributed by atoms with Gasteiger partial charge >= 0.3 is 0 Å². The summed E-state index contributed by atoms with van der Waals surface area (Å²) in [6.07, 6.45) is 2.58. The van der Waals surface area contributed by atoms with Crippen molar-refractivity contribution in [1.82, 2.24) is 15.0 Å². The van der Waals surface area contributed by atoms with Gasteiger partial charge in [0.25, 0.3) is 0 Å². The van der Waals surface area contributed by atoms with Crippen molar-refractivity contribution in [2.24, 2.45) is 0 Å². The Labute approximate surface area is 193 Å². The van der Waals surface area contributed by atoms with Crippen LogP contribution in [-0.2, 0) is 21.2 Å². The number of carbonyl (C=O) groups excluding carboxylic acids is 1. The lowest BCUT2D eigenvalue weighted by Gasteiger charge is -2.11. The van der Waals surface area contributed by atoms with Crippen molar-refractivity contribution in [3.63, 3.8) is 0 Å². The fourth-order valence-corrected chi connectivity index (χ4v) is 4.65. The molecule has 1 aromatic heterocycles. The lowest BCUT2D eigenvalue weighted by molar-refractivity contribution is -0.120. The maximum absolute atomic E-state index is 12.2. The van der Waals surface area contributed by atoms with Crippen molar-refractivity contribution >= 4 is 44.1 Å². The van der Waals surface area contributed by atoms with Gasteiger partial charge in [-0.05, 0) is 62.2 Å². The normalized spacial score (nSPS) is 11.6. The van der Waals surface area contributed by atoms with E-state index >= 15 is 0 Å². The van der Waals surface area contributed by atoms with Gasteiger partial charge in [-0.25, -0.2) is 13.1 Å². The second-order valence-corrected chi connectivity index (χ2v) is 9.87. The molecule has 0 spiro atoms. The predicted molar refractivity (Wildman–Crippen MR) is 128 cm³/mol. The first kappa shape index (κ1) is 24.0. The van der Waals surface area contributed by atoms with Crippen molar-refractivity contribution in [2.45, 2.75) is 37.6 Å². The smallest absolute Gasteiger partial charge is 0.240 e. The molecule has 170 valence electrons. The lowest BCUT2D eigenvalue weighted by atomic mass is 10.1. The standard InChI is InChI=1S/C23H27ClN4O3S/c1-16(2)28-32(30,31)19-7-3-17(4-8-19)5-10-23(29)27-14-13-26-21-11-12-25-22-15-18(24)6-9-20(21)22/h3-4,6-9,11-12,15-16,28H,5,10,13-14H2,1-2H3,(H,25,26)(H,27,29). The highest BCUT2D eigenvalue weighted by Crippen LogP contribution is 2.24. The quantitative estimate of drug-likeness (QED) is 0.389. The Morgan fingerprint density at radius 1 is 1.06 bits per heavy atom. The highest BCUT2D eigenvalue weighted by Gasteiger charge is 2.15. The number of hydrogen-bond donors (Lipinski definition) is 3. The summed E-state index contributed by atoms with van der Waals surface area (Å²) < 4.78 is 26.9. The molecule has 1 heterocycles. The molecule has 0 aliphatic carbocycles. The van der Waals surface area contributed by atoms with Crippen molar-refractivity contribution in [1.29, 1.82) is 0 Å². The number of amides is 1. The second-order valence-electron chi connectivity index (χ2n) is 7.72. The molecular weight excluding hydrogens is 448 g/mol. The van der Waals surface area contributed by atoms with Crippen molar-refractivity contribution < 1.29 is 13.2 Å². The number of fused-ring (bicyclic) bond motifs is 1. The first-order valence-corrected chi connectivity index (χ1v) is 12.3. The minimum atomic E-state index is -3.51. The van der Waals surface area contributed by atoms with Crippen molar-refractivity contribution in [3.8, 4) is 0 Å². The summed E-state index contributed by atoms with van der Waals surface area (Å²) in [6, 6.07) is 13.9. The van der Waals surface area contributed by atoms with E-state index in [9.17, 15) is 13.2 Å². The Morgan fingerprint density at radius 3 is 2.53 bits per heavy atom. The molecule has 0 radical (unpaired) electrons. The summed E-state index contributed by atoms with van der Waals surface area (Å²) in [7, 11) is -3.51. The van der Waals surface area contributed by atoms with Crippen LogP contribution in [0.1, 0.15) is 25.8 Å². The van der Waals surface area contributed by atoms with E-state index in [1.54, 1.807) is 44.3 Å². The minimum Gasteiger partial charge on any atom is -0.383 e. The third-order valence-electron chi connectivity index (χ3n) is 4.73. The van der Waals surface area contributed by atoms with Crippen LogP contribution in [0.4, 0.5) is 5.69 Å². The van der Waals surface area contributed by atoms with E-state index in [1.165, 1.54) is 0 Å². The van der Waals surface area contributed by atoms with Gasteiger partial charge < -0.3 is 10.6 Å². The van der Waals surface area contributed by atoms with Crippen molar-refractivity contribution in [2.75, 3.05) is 18.4 Å². The molecule has 3 N–H and O–H groups in total. The van der Waals surface area contributed by atoms with Gasteiger partial charge in [0.2, 0.25) is 15.9 Å². The Hall–Kier alpha value is -2.68. The first-order chi connectivity index (χ1) is 15.2. The van der Waals surface area contributed by atoms with Crippen LogP contribution in [-0.4, -0.2) is 38.4 Å². The van der Waals surface area contributed by atoms with Gasteiger partial charge in [-0.3, -0.25) is 9.78 Å². The molecule has 7 nitrogen and oxygen atoms in total. The van der Waals surface area contributed by atoms with Crippen LogP contribution in [0.5, 0.6) is 0 Å². The van der Waals surface area contributed by atoms with Crippen LogP contribution in [0, 0.1) is 0 Å². The second kappa shape index (κ2) is 10.8. The SMILES string of the molecule is CC(C)NS(=O)(=O)c1ccc(CCC(=O)NCCNc2ccnc3cc(Cl)ccc23)cc1. The average molecular weight is 475 g/mol. The number of sulfonamides is 1. The fraction of sp³-hybridized carbons (Fsp3) is 0.304. The maximum Gasteiger partial charge on any atom is 0.240 e. The molecule has 0 aliphatic rings. The van der Waals surface area contributed by atoms with Crippen LogP contribution in [0.2, 0.25) is 5.02 Å². The number of aromatic nitrogens is 1. The van der Waals surface area contributed by atoms with Gasteiger partial charge in [-0.2, -0.15) is 0 Å². The van der Waals surface area contributed by atoms with Crippen molar-refractivity contribution in [3.05, 3.63) is 65.3 Å². The van der Waals surface area contributed by atoms with Crippen LogP contribution in [0.15, 0.2) is 59.6 Å². The fourth-order valence-electron chi connectivity index (χ4n) is 3.23. The number of aryl methyl sites for hydroxylation is 1.